The molecule has 0 aliphatic carbocycles. The number of ether oxygens (including phenoxy) is 1. The van der Waals surface area contributed by atoms with Crippen LogP contribution in [0.2, 0.25) is 0 Å². The van der Waals surface area contributed by atoms with E-state index >= 15 is 0 Å². The highest BCUT2D eigenvalue weighted by Gasteiger charge is 2.24. The standard InChI is InChI=1S/C19H27NO4S/c1-12(2)10-15-6-8-16(9-7-15)13(3)19(23)25-11-17(18(22)24-5)20-14(4)21/h6-9,12-13,17H,10-11H2,1-5H3,(H,20,21)/t13-,17?/m0/s1. The zero-order valence-corrected chi connectivity index (χ0v) is 16.3. The second kappa shape index (κ2) is 10.2. The molecule has 1 rings (SSSR count). The molecule has 138 valence electrons. The predicted octanol–water partition coefficient (Wildman–Crippen LogP) is 2.93. The van der Waals surface area contributed by atoms with Gasteiger partial charge in [0.25, 0.3) is 0 Å². The molecular formula is C19H27NO4S. The first-order valence-electron chi connectivity index (χ1n) is 8.35. The summed E-state index contributed by atoms with van der Waals surface area (Å²) in [5, 5.41) is 2.46. The summed E-state index contributed by atoms with van der Waals surface area (Å²) in [4.78, 5) is 35.2. The van der Waals surface area contributed by atoms with Crippen LogP contribution in [0.15, 0.2) is 24.3 Å². The van der Waals surface area contributed by atoms with Crippen LogP contribution in [0, 0.1) is 5.92 Å². The number of hydrogen-bond acceptors (Lipinski definition) is 5. The van der Waals surface area contributed by atoms with Crippen LogP contribution in [-0.4, -0.2) is 35.9 Å². The van der Waals surface area contributed by atoms with Crippen LogP contribution in [0.25, 0.3) is 0 Å². The molecule has 0 saturated heterocycles. The molecule has 0 aromatic heterocycles. The lowest BCUT2D eigenvalue weighted by Gasteiger charge is -2.16. The van der Waals surface area contributed by atoms with Gasteiger partial charge in [0.2, 0.25) is 5.91 Å². The second-order valence-corrected chi connectivity index (χ2v) is 7.49. The van der Waals surface area contributed by atoms with Crippen LogP contribution in [0.3, 0.4) is 0 Å². The van der Waals surface area contributed by atoms with Crippen molar-refractivity contribution in [3.05, 3.63) is 35.4 Å². The normalized spacial score (nSPS) is 13.2. The zero-order chi connectivity index (χ0) is 19.0. The highest BCUT2D eigenvalue weighted by Crippen LogP contribution is 2.24. The Kier molecular flexibility index (Phi) is 8.69. The number of amides is 1. The Morgan fingerprint density at radius 2 is 1.72 bits per heavy atom. The van der Waals surface area contributed by atoms with Crippen molar-refractivity contribution in [3.8, 4) is 0 Å². The Hall–Kier alpha value is -1.82. The van der Waals surface area contributed by atoms with E-state index in [0.29, 0.717) is 5.92 Å². The third-order valence-corrected chi connectivity index (χ3v) is 4.87. The van der Waals surface area contributed by atoms with Crippen molar-refractivity contribution in [1.82, 2.24) is 5.32 Å². The molecule has 0 bridgehead atoms. The van der Waals surface area contributed by atoms with Crippen molar-refractivity contribution in [2.24, 2.45) is 5.92 Å². The maximum absolute atomic E-state index is 12.4. The van der Waals surface area contributed by atoms with Crippen LogP contribution in [0.1, 0.15) is 44.7 Å². The number of carbonyl (C=O) groups excluding carboxylic acids is 3. The van der Waals surface area contributed by atoms with Gasteiger partial charge in [0.1, 0.15) is 6.04 Å². The van der Waals surface area contributed by atoms with Gasteiger partial charge in [-0.05, 0) is 23.5 Å². The van der Waals surface area contributed by atoms with Crippen LogP contribution in [0.5, 0.6) is 0 Å². The Balaban J connectivity index is 2.65. The summed E-state index contributed by atoms with van der Waals surface area (Å²) in [5.74, 6) is -0.433. The molecule has 25 heavy (non-hydrogen) atoms. The van der Waals surface area contributed by atoms with Gasteiger partial charge in [-0.25, -0.2) is 4.79 Å². The van der Waals surface area contributed by atoms with E-state index in [1.54, 1.807) is 0 Å². The van der Waals surface area contributed by atoms with Gasteiger partial charge in [0.05, 0.1) is 13.0 Å². The number of benzene rings is 1. The van der Waals surface area contributed by atoms with E-state index in [-0.39, 0.29) is 22.7 Å². The number of esters is 1. The van der Waals surface area contributed by atoms with Crippen LogP contribution < -0.4 is 5.32 Å². The molecule has 1 amide bonds. The van der Waals surface area contributed by atoms with E-state index in [1.807, 2.05) is 19.1 Å². The monoisotopic (exact) mass is 365 g/mol. The molecule has 0 saturated carbocycles. The Morgan fingerprint density at radius 1 is 1.12 bits per heavy atom. The van der Waals surface area contributed by atoms with E-state index in [1.165, 1.54) is 19.6 Å². The van der Waals surface area contributed by atoms with Gasteiger partial charge >= 0.3 is 5.97 Å². The molecule has 0 fully saturated rings. The first kappa shape index (κ1) is 21.2. The maximum atomic E-state index is 12.4. The zero-order valence-electron chi connectivity index (χ0n) is 15.5. The van der Waals surface area contributed by atoms with Crippen molar-refractivity contribution < 1.29 is 19.1 Å². The number of rotatable bonds is 8. The lowest BCUT2D eigenvalue weighted by Crippen LogP contribution is -2.42. The predicted molar refractivity (Wildman–Crippen MR) is 100 cm³/mol. The summed E-state index contributed by atoms with van der Waals surface area (Å²) in [6.45, 7) is 7.51. The second-order valence-electron chi connectivity index (χ2n) is 6.47. The van der Waals surface area contributed by atoms with Gasteiger partial charge in [0, 0.05) is 12.7 Å². The topological polar surface area (TPSA) is 72.5 Å². The molecule has 1 aromatic rings. The van der Waals surface area contributed by atoms with Crippen molar-refractivity contribution in [3.63, 3.8) is 0 Å². The van der Waals surface area contributed by atoms with Crippen LogP contribution in [-0.2, 0) is 25.5 Å². The van der Waals surface area contributed by atoms with Crippen molar-refractivity contribution in [2.45, 2.75) is 46.1 Å². The number of methoxy groups -OCH3 is 1. The molecule has 1 N–H and O–H groups in total. The SMILES string of the molecule is COC(=O)C(CSC(=O)[C@@H](C)c1ccc(CC(C)C)cc1)NC(C)=O. The molecular weight excluding hydrogens is 338 g/mol. The quantitative estimate of drug-likeness (QED) is 0.717. The average molecular weight is 365 g/mol. The molecule has 5 nitrogen and oxygen atoms in total. The minimum absolute atomic E-state index is 0.0455. The van der Waals surface area contributed by atoms with Crippen LogP contribution >= 0.6 is 11.8 Å². The van der Waals surface area contributed by atoms with Gasteiger partial charge in [-0.15, -0.1) is 0 Å². The van der Waals surface area contributed by atoms with E-state index in [2.05, 4.69) is 36.0 Å². The van der Waals surface area contributed by atoms with Gasteiger partial charge in [-0.2, -0.15) is 0 Å². The number of hydrogen-bond donors (Lipinski definition) is 1. The minimum Gasteiger partial charge on any atom is -0.467 e. The van der Waals surface area contributed by atoms with E-state index in [0.717, 1.165) is 23.7 Å². The van der Waals surface area contributed by atoms with Crippen molar-refractivity contribution in [1.29, 1.82) is 0 Å². The van der Waals surface area contributed by atoms with Crippen LogP contribution in [0.4, 0.5) is 0 Å². The Bertz CT molecular complexity index is 598. The first-order valence-corrected chi connectivity index (χ1v) is 9.33. The van der Waals surface area contributed by atoms with E-state index < -0.39 is 12.0 Å². The minimum atomic E-state index is -0.822. The summed E-state index contributed by atoms with van der Waals surface area (Å²) in [7, 11) is 1.25. The lowest BCUT2D eigenvalue weighted by molar-refractivity contribution is -0.144. The Morgan fingerprint density at radius 3 is 2.20 bits per heavy atom. The molecule has 2 atom stereocenters. The summed E-state index contributed by atoms with van der Waals surface area (Å²) >= 11 is 1.03. The van der Waals surface area contributed by atoms with Gasteiger partial charge < -0.3 is 10.1 Å². The molecule has 0 aliphatic heterocycles. The fourth-order valence-electron chi connectivity index (χ4n) is 2.40. The highest BCUT2D eigenvalue weighted by atomic mass is 32.2. The average Bonchev–Trinajstić information content (AvgIpc) is 2.56. The number of nitrogens with one attached hydrogen (secondary N) is 1. The van der Waals surface area contributed by atoms with Crippen molar-refractivity contribution in [2.75, 3.05) is 12.9 Å². The largest absolute Gasteiger partial charge is 0.467 e. The number of thioether (sulfide) groups is 1. The van der Waals surface area contributed by atoms with Gasteiger partial charge in [-0.3, -0.25) is 9.59 Å². The molecule has 0 heterocycles. The summed E-state index contributed by atoms with van der Waals surface area (Å²) < 4.78 is 4.66. The number of carbonyl (C=O) groups is 3. The fourth-order valence-corrected chi connectivity index (χ4v) is 3.33. The fraction of sp³-hybridized carbons (Fsp3) is 0.526. The molecule has 0 aliphatic rings. The summed E-state index contributed by atoms with van der Waals surface area (Å²) in [6, 6.07) is 7.24. The maximum Gasteiger partial charge on any atom is 0.329 e. The van der Waals surface area contributed by atoms with E-state index in [4.69, 9.17) is 0 Å². The third-order valence-electron chi connectivity index (χ3n) is 3.73. The Labute approximate surface area is 153 Å². The van der Waals surface area contributed by atoms with Gasteiger partial charge in [-0.1, -0.05) is 56.8 Å². The van der Waals surface area contributed by atoms with Gasteiger partial charge in [0.15, 0.2) is 5.12 Å². The molecule has 1 unspecified atom stereocenters. The molecule has 0 radical (unpaired) electrons. The highest BCUT2D eigenvalue weighted by molar-refractivity contribution is 8.13. The molecule has 6 heteroatoms. The lowest BCUT2D eigenvalue weighted by atomic mass is 9.97. The molecule has 1 aromatic carbocycles. The summed E-state index contributed by atoms with van der Waals surface area (Å²) in [5.41, 5.74) is 2.20. The van der Waals surface area contributed by atoms with Crippen molar-refractivity contribution >= 4 is 28.8 Å². The molecule has 0 spiro atoms. The van der Waals surface area contributed by atoms with E-state index in [9.17, 15) is 14.4 Å². The smallest absolute Gasteiger partial charge is 0.329 e. The summed E-state index contributed by atoms with van der Waals surface area (Å²) in [6.07, 6.45) is 1.01. The third kappa shape index (κ3) is 7.30. The first-order chi connectivity index (χ1) is 11.7.